The van der Waals surface area contributed by atoms with Crippen LogP contribution in [0.4, 0.5) is 10.5 Å². The molecule has 3 heterocycles. The number of alkyl carbamates (subject to hydrolysis) is 1. The molecule has 0 atom stereocenters. The zero-order chi connectivity index (χ0) is 23.2. The van der Waals surface area contributed by atoms with Gasteiger partial charge in [0.05, 0.1) is 28.9 Å². The van der Waals surface area contributed by atoms with Gasteiger partial charge in [0.25, 0.3) is 0 Å². The maximum Gasteiger partial charge on any atom is 0.407 e. The number of thiophene rings is 1. The molecule has 4 rings (SSSR count). The molecule has 2 amide bonds. The maximum atomic E-state index is 12.8. The van der Waals surface area contributed by atoms with Crippen LogP contribution in [0.2, 0.25) is 0 Å². The van der Waals surface area contributed by atoms with Crippen molar-refractivity contribution in [2.24, 2.45) is 0 Å². The number of ketones is 1. The first-order valence-electron chi connectivity index (χ1n) is 10.3. The molecular formula is C23H21N5O4S. The number of amides is 2. The Kier molecular flexibility index (Phi) is 6.75. The molecule has 0 saturated carbocycles. The minimum atomic E-state index is -0.633. The van der Waals surface area contributed by atoms with Crippen LogP contribution in [0.25, 0.3) is 16.9 Å². The molecule has 4 aromatic rings. The number of carbonyl (C=O) groups is 3. The first-order chi connectivity index (χ1) is 16.1. The molecule has 0 bridgehead atoms. The van der Waals surface area contributed by atoms with Crippen molar-refractivity contribution in [2.75, 3.05) is 18.5 Å². The summed E-state index contributed by atoms with van der Waals surface area (Å²) < 4.78 is 6.49. The van der Waals surface area contributed by atoms with Gasteiger partial charge in [-0.1, -0.05) is 25.1 Å². The molecule has 0 saturated heterocycles. The van der Waals surface area contributed by atoms with Crippen LogP contribution < -0.4 is 10.6 Å². The molecule has 3 aromatic heterocycles. The standard InChI is InChI=1S/C23H21N5O4S/c1-2-10-32-23(31)25-14-20(29)27-16-6-3-5-15(12-16)18-8-9-24-22-17(13-26-28(18)22)21(30)19-7-4-11-33-19/h3-9,11-13H,2,10,14H2,1H3,(H,25,31)(H,27,29). The summed E-state index contributed by atoms with van der Waals surface area (Å²) in [7, 11) is 0. The topological polar surface area (TPSA) is 115 Å². The van der Waals surface area contributed by atoms with Crippen molar-refractivity contribution < 1.29 is 19.1 Å². The second kappa shape index (κ2) is 10.0. The zero-order valence-corrected chi connectivity index (χ0v) is 18.6. The van der Waals surface area contributed by atoms with Gasteiger partial charge in [0.15, 0.2) is 5.65 Å². The highest BCUT2D eigenvalue weighted by Gasteiger charge is 2.18. The van der Waals surface area contributed by atoms with Crippen LogP contribution >= 0.6 is 11.3 Å². The van der Waals surface area contributed by atoms with Crippen molar-refractivity contribution in [1.82, 2.24) is 19.9 Å². The summed E-state index contributed by atoms with van der Waals surface area (Å²) in [4.78, 5) is 41.5. The van der Waals surface area contributed by atoms with E-state index in [2.05, 4.69) is 20.7 Å². The van der Waals surface area contributed by atoms with E-state index in [1.807, 2.05) is 24.4 Å². The fraction of sp³-hybridized carbons (Fsp3) is 0.174. The summed E-state index contributed by atoms with van der Waals surface area (Å²) in [6, 6.07) is 12.6. The van der Waals surface area contributed by atoms with Crippen LogP contribution in [0.15, 0.2) is 60.2 Å². The lowest BCUT2D eigenvalue weighted by Gasteiger charge is -2.10. The number of benzene rings is 1. The van der Waals surface area contributed by atoms with Gasteiger partial charge in [0.2, 0.25) is 11.7 Å². The van der Waals surface area contributed by atoms with Crippen molar-refractivity contribution in [1.29, 1.82) is 0 Å². The largest absolute Gasteiger partial charge is 0.450 e. The Morgan fingerprint density at radius 3 is 2.82 bits per heavy atom. The first kappa shape index (κ1) is 22.2. The van der Waals surface area contributed by atoms with Crippen molar-refractivity contribution in [2.45, 2.75) is 13.3 Å². The van der Waals surface area contributed by atoms with Crippen molar-refractivity contribution >= 4 is 40.5 Å². The molecule has 168 valence electrons. The smallest absolute Gasteiger partial charge is 0.407 e. The zero-order valence-electron chi connectivity index (χ0n) is 17.8. The average Bonchev–Trinajstić information content (AvgIpc) is 3.51. The quantitative estimate of drug-likeness (QED) is 0.385. The number of ether oxygens (including phenoxy) is 1. The molecule has 33 heavy (non-hydrogen) atoms. The van der Waals surface area contributed by atoms with E-state index in [-0.39, 0.29) is 18.2 Å². The Morgan fingerprint density at radius 1 is 1.15 bits per heavy atom. The minimum absolute atomic E-state index is 0.129. The van der Waals surface area contributed by atoms with Gasteiger partial charge in [-0.2, -0.15) is 5.10 Å². The third-order valence-electron chi connectivity index (χ3n) is 4.66. The monoisotopic (exact) mass is 463 g/mol. The SMILES string of the molecule is CCCOC(=O)NCC(=O)Nc1cccc(-c2ccnc3c(C(=O)c4cccs4)cnn23)c1. The van der Waals surface area contributed by atoms with E-state index < -0.39 is 6.09 Å². The summed E-state index contributed by atoms with van der Waals surface area (Å²) in [5.74, 6) is -0.515. The number of hydrogen-bond acceptors (Lipinski definition) is 7. The minimum Gasteiger partial charge on any atom is -0.450 e. The Hall–Kier alpha value is -4.05. The molecule has 0 radical (unpaired) electrons. The number of aromatic nitrogens is 3. The number of fused-ring (bicyclic) bond motifs is 1. The van der Waals surface area contributed by atoms with Gasteiger partial charge in [-0.15, -0.1) is 11.3 Å². The normalized spacial score (nSPS) is 10.7. The number of nitrogens with one attached hydrogen (secondary N) is 2. The number of anilines is 1. The number of rotatable bonds is 8. The lowest BCUT2D eigenvalue weighted by Crippen LogP contribution is -2.33. The average molecular weight is 464 g/mol. The summed E-state index contributed by atoms with van der Waals surface area (Å²) in [5.41, 5.74) is 2.91. The molecule has 1 aromatic carbocycles. The third kappa shape index (κ3) is 5.07. The van der Waals surface area contributed by atoms with Gasteiger partial charge in [0.1, 0.15) is 6.54 Å². The predicted octanol–water partition coefficient (Wildman–Crippen LogP) is 3.76. The Bertz CT molecular complexity index is 1300. The van der Waals surface area contributed by atoms with E-state index in [1.54, 1.807) is 41.0 Å². The van der Waals surface area contributed by atoms with Gasteiger partial charge in [0, 0.05) is 17.4 Å². The van der Waals surface area contributed by atoms with Crippen LogP contribution in [0.3, 0.4) is 0 Å². The molecule has 2 N–H and O–H groups in total. The predicted molar refractivity (Wildman–Crippen MR) is 124 cm³/mol. The van der Waals surface area contributed by atoms with Gasteiger partial charge in [-0.3, -0.25) is 9.59 Å². The van der Waals surface area contributed by atoms with E-state index in [1.165, 1.54) is 17.5 Å². The molecule has 0 fully saturated rings. The highest BCUT2D eigenvalue weighted by Crippen LogP contribution is 2.25. The third-order valence-corrected chi connectivity index (χ3v) is 5.53. The van der Waals surface area contributed by atoms with Crippen LogP contribution in [0.1, 0.15) is 28.6 Å². The fourth-order valence-electron chi connectivity index (χ4n) is 3.17. The molecule has 0 aliphatic heterocycles. The van der Waals surface area contributed by atoms with E-state index in [0.717, 1.165) is 5.56 Å². The molecule has 0 unspecified atom stereocenters. The van der Waals surface area contributed by atoms with Crippen LogP contribution in [0, 0.1) is 0 Å². The van der Waals surface area contributed by atoms with Crippen LogP contribution in [-0.4, -0.2) is 45.5 Å². The summed E-state index contributed by atoms with van der Waals surface area (Å²) in [6.07, 6.45) is 3.21. The number of carbonyl (C=O) groups excluding carboxylic acids is 3. The summed E-state index contributed by atoms with van der Waals surface area (Å²) in [6.45, 7) is 1.97. The Labute approximate surface area is 193 Å². The van der Waals surface area contributed by atoms with Crippen LogP contribution in [-0.2, 0) is 9.53 Å². The molecule has 0 aliphatic carbocycles. The van der Waals surface area contributed by atoms with Gasteiger partial charge in [-0.25, -0.2) is 14.3 Å². The lowest BCUT2D eigenvalue weighted by molar-refractivity contribution is -0.115. The maximum absolute atomic E-state index is 12.8. The van der Waals surface area contributed by atoms with Gasteiger partial charge < -0.3 is 15.4 Å². The van der Waals surface area contributed by atoms with E-state index in [0.29, 0.717) is 40.5 Å². The van der Waals surface area contributed by atoms with Gasteiger partial charge in [-0.05, 0) is 36.1 Å². The first-order valence-corrected chi connectivity index (χ1v) is 11.2. The highest BCUT2D eigenvalue weighted by molar-refractivity contribution is 7.12. The highest BCUT2D eigenvalue weighted by atomic mass is 32.1. The van der Waals surface area contributed by atoms with E-state index in [4.69, 9.17) is 4.74 Å². The fourth-order valence-corrected chi connectivity index (χ4v) is 3.85. The second-order valence-electron chi connectivity index (χ2n) is 7.05. The van der Waals surface area contributed by atoms with Crippen molar-refractivity contribution in [3.05, 3.63) is 70.7 Å². The van der Waals surface area contributed by atoms with Crippen LogP contribution in [0.5, 0.6) is 0 Å². The molecular weight excluding hydrogens is 442 g/mol. The molecule has 9 nitrogen and oxygen atoms in total. The van der Waals surface area contributed by atoms with Gasteiger partial charge >= 0.3 is 6.09 Å². The number of hydrogen-bond donors (Lipinski definition) is 2. The summed E-state index contributed by atoms with van der Waals surface area (Å²) >= 11 is 1.37. The molecule has 0 spiro atoms. The number of nitrogens with zero attached hydrogens (tertiary/aromatic N) is 3. The molecule has 10 heteroatoms. The van der Waals surface area contributed by atoms with Crippen molar-refractivity contribution in [3.8, 4) is 11.3 Å². The molecule has 0 aliphatic rings. The lowest BCUT2D eigenvalue weighted by atomic mass is 10.1. The van der Waals surface area contributed by atoms with E-state index >= 15 is 0 Å². The van der Waals surface area contributed by atoms with Crippen molar-refractivity contribution in [3.63, 3.8) is 0 Å². The summed E-state index contributed by atoms with van der Waals surface area (Å²) in [5, 5.41) is 11.4. The van der Waals surface area contributed by atoms with E-state index in [9.17, 15) is 14.4 Å². The Balaban J connectivity index is 1.52. The second-order valence-corrected chi connectivity index (χ2v) is 8.00. The Morgan fingerprint density at radius 2 is 2.03 bits per heavy atom.